The number of rotatable bonds is 7. The van der Waals surface area contributed by atoms with E-state index in [-0.39, 0.29) is 0 Å². The minimum absolute atomic E-state index is 0.383. The van der Waals surface area contributed by atoms with Crippen molar-refractivity contribution in [3.8, 4) is 0 Å². The highest BCUT2D eigenvalue weighted by molar-refractivity contribution is 7.62. The van der Waals surface area contributed by atoms with Crippen LogP contribution in [-0.4, -0.2) is 21.3 Å². The van der Waals surface area contributed by atoms with E-state index < -0.39 is 15.7 Å². The Hall–Kier alpha value is -0.413. The second kappa shape index (κ2) is 6.85. The van der Waals surface area contributed by atoms with E-state index in [4.69, 9.17) is 9.05 Å². The first-order chi connectivity index (χ1) is 8.80. The van der Waals surface area contributed by atoms with Crippen molar-refractivity contribution >= 4 is 21.0 Å². The van der Waals surface area contributed by atoms with Crippen molar-refractivity contribution in [2.45, 2.75) is 39.5 Å². The van der Waals surface area contributed by atoms with E-state index >= 15 is 0 Å². The lowest BCUT2D eigenvalue weighted by atomic mass is 10.2. The van der Waals surface area contributed by atoms with Gasteiger partial charge in [-0.3, -0.25) is 4.57 Å². The predicted molar refractivity (Wildman–Crippen MR) is 84.0 cm³/mol. The highest BCUT2D eigenvalue weighted by Gasteiger charge is 2.26. The van der Waals surface area contributed by atoms with Gasteiger partial charge in [0.05, 0.1) is 18.5 Å². The summed E-state index contributed by atoms with van der Waals surface area (Å²) in [7, 11) is -4.25. The van der Waals surface area contributed by atoms with Crippen LogP contribution in [0.3, 0.4) is 0 Å². The Bertz CT molecular complexity index is 427. The number of hydrogen-bond donors (Lipinski definition) is 0. The van der Waals surface area contributed by atoms with Crippen LogP contribution in [0.1, 0.15) is 19.4 Å². The molecule has 3 nitrogen and oxygen atoms in total. The van der Waals surface area contributed by atoms with Crippen LogP contribution in [0.5, 0.6) is 0 Å². The molecule has 1 rings (SSSR count). The zero-order valence-corrected chi connectivity index (χ0v) is 14.5. The molecule has 0 aromatic heterocycles. The zero-order valence-electron chi connectivity index (χ0n) is 12.6. The Morgan fingerprint density at radius 2 is 1.47 bits per heavy atom. The molecule has 19 heavy (non-hydrogen) atoms. The summed E-state index contributed by atoms with van der Waals surface area (Å²) in [5.74, 6) is 0. The molecule has 0 N–H and O–H groups in total. The lowest BCUT2D eigenvalue weighted by Gasteiger charge is -2.19. The summed E-state index contributed by atoms with van der Waals surface area (Å²) in [6, 6.07) is 8.96. The minimum atomic E-state index is -3.13. The first-order valence-corrected chi connectivity index (χ1v) is 12.0. The molecule has 0 unspecified atom stereocenters. The van der Waals surface area contributed by atoms with Crippen molar-refractivity contribution < 1.29 is 13.6 Å². The normalized spacial score (nSPS) is 12.7. The molecule has 108 valence electrons. The molecule has 0 radical (unpaired) electrons. The molecule has 1 aromatic carbocycles. The predicted octanol–water partition coefficient (Wildman–Crippen LogP) is 4.00. The van der Waals surface area contributed by atoms with Gasteiger partial charge in [0.15, 0.2) is 0 Å². The maximum absolute atomic E-state index is 12.6. The van der Waals surface area contributed by atoms with E-state index in [1.54, 1.807) is 0 Å². The van der Waals surface area contributed by atoms with E-state index in [0.29, 0.717) is 18.5 Å². The Balaban J connectivity index is 2.93. The van der Waals surface area contributed by atoms with Gasteiger partial charge in [0, 0.05) is 8.07 Å². The average molecular weight is 300 g/mol. The zero-order chi connectivity index (χ0) is 14.5. The molecule has 1 aromatic rings. The van der Waals surface area contributed by atoms with Gasteiger partial charge >= 0.3 is 7.60 Å². The molecule has 0 bridgehead atoms. The molecule has 0 saturated heterocycles. The molecule has 0 aliphatic rings. The van der Waals surface area contributed by atoms with Gasteiger partial charge in [0.25, 0.3) is 0 Å². The summed E-state index contributed by atoms with van der Waals surface area (Å²) in [5, 5.41) is 0.649. The summed E-state index contributed by atoms with van der Waals surface area (Å²) in [6.07, 6.45) is 0. The maximum atomic E-state index is 12.6. The fourth-order valence-corrected chi connectivity index (χ4v) is 4.96. The van der Waals surface area contributed by atoms with Crippen LogP contribution in [0.2, 0.25) is 19.6 Å². The van der Waals surface area contributed by atoms with Gasteiger partial charge in [-0.2, -0.15) is 0 Å². The third kappa shape index (κ3) is 5.23. The average Bonchev–Trinajstić information content (AvgIpc) is 2.28. The maximum Gasteiger partial charge on any atom is 0.361 e. The molecular formula is C14H25O3PSi. The van der Waals surface area contributed by atoms with Crippen molar-refractivity contribution in [1.82, 2.24) is 0 Å². The molecule has 5 heteroatoms. The second-order valence-corrected chi connectivity index (χ2v) is 13.2. The first-order valence-electron chi connectivity index (χ1n) is 6.79. The quantitative estimate of drug-likeness (QED) is 0.564. The third-order valence-corrected chi connectivity index (χ3v) is 6.18. The third-order valence-electron chi connectivity index (χ3n) is 2.59. The number of benzene rings is 1. The first kappa shape index (κ1) is 16.6. The van der Waals surface area contributed by atoms with E-state index in [1.807, 2.05) is 38.1 Å². The Kier molecular flexibility index (Phi) is 6.00. The molecule has 0 fully saturated rings. The SMILES string of the molecule is CCOP(=O)(OCC)c1ccc(C[Si](C)(C)C)cc1. The summed E-state index contributed by atoms with van der Waals surface area (Å²) in [5.41, 5.74) is 1.29. The van der Waals surface area contributed by atoms with Gasteiger partial charge in [0.1, 0.15) is 0 Å². The van der Waals surface area contributed by atoms with Gasteiger partial charge < -0.3 is 9.05 Å². The summed E-state index contributed by atoms with van der Waals surface area (Å²) in [6.45, 7) is 11.4. The summed E-state index contributed by atoms with van der Waals surface area (Å²) < 4.78 is 23.3. The topological polar surface area (TPSA) is 35.5 Å². The van der Waals surface area contributed by atoms with Crippen molar-refractivity contribution in [3.63, 3.8) is 0 Å². The molecule has 0 atom stereocenters. The minimum Gasteiger partial charge on any atom is -0.305 e. The fraction of sp³-hybridized carbons (Fsp3) is 0.571. The van der Waals surface area contributed by atoms with Gasteiger partial charge in [0.2, 0.25) is 0 Å². The number of hydrogen-bond acceptors (Lipinski definition) is 3. The van der Waals surface area contributed by atoms with Crippen molar-refractivity contribution in [2.24, 2.45) is 0 Å². The molecule has 0 amide bonds. The lowest BCUT2D eigenvalue weighted by Crippen LogP contribution is -2.24. The van der Waals surface area contributed by atoms with Gasteiger partial charge in [-0.25, -0.2) is 0 Å². The summed E-state index contributed by atoms with van der Waals surface area (Å²) >= 11 is 0. The van der Waals surface area contributed by atoms with Crippen LogP contribution in [0.4, 0.5) is 0 Å². The monoisotopic (exact) mass is 300 g/mol. The van der Waals surface area contributed by atoms with Crippen molar-refractivity contribution in [3.05, 3.63) is 29.8 Å². The van der Waals surface area contributed by atoms with Gasteiger partial charge in [-0.15, -0.1) is 0 Å². The van der Waals surface area contributed by atoms with Crippen LogP contribution in [0.15, 0.2) is 24.3 Å². The highest BCUT2D eigenvalue weighted by atomic mass is 31.2. The molecule has 0 aliphatic carbocycles. The van der Waals surface area contributed by atoms with Crippen molar-refractivity contribution in [2.75, 3.05) is 13.2 Å². The van der Waals surface area contributed by atoms with E-state index in [2.05, 4.69) is 19.6 Å². The lowest BCUT2D eigenvalue weighted by molar-refractivity contribution is 0.230. The van der Waals surface area contributed by atoms with Gasteiger partial charge in [-0.1, -0.05) is 37.3 Å². The Morgan fingerprint density at radius 1 is 1.00 bits per heavy atom. The van der Waals surface area contributed by atoms with Gasteiger partial charge in [-0.05, 0) is 32.0 Å². The largest absolute Gasteiger partial charge is 0.361 e. The summed E-state index contributed by atoms with van der Waals surface area (Å²) in [4.78, 5) is 0. The molecule has 0 saturated carbocycles. The van der Waals surface area contributed by atoms with Crippen LogP contribution in [-0.2, 0) is 19.7 Å². The Labute approximate surface area is 117 Å². The van der Waals surface area contributed by atoms with Crippen LogP contribution in [0, 0.1) is 0 Å². The highest BCUT2D eigenvalue weighted by Crippen LogP contribution is 2.46. The Morgan fingerprint density at radius 3 is 1.84 bits per heavy atom. The van der Waals surface area contributed by atoms with Crippen LogP contribution >= 0.6 is 7.60 Å². The van der Waals surface area contributed by atoms with E-state index in [1.165, 1.54) is 5.56 Å². The second-order valence-electron chi connectivity index (χ2n) is 5.74. The van der Waals surface area contributed by atoms with Crippen LogP contribution in [0.25, 0.3) is 0 Å². The van der Waals surface area contributed by atoms with E-state index in [9.17, 15) is 4.57 Å². The standard InChI is InChI=1S/C14H25O3PSi/c1-6-16-18(15,17-7-2)14-10-8-13(9-11-14)12-19(3,4)5/h8-11H,6-7,12H2,1-5H3. The van der Waals surface area contributed by atoms with Crippen LogP contribution < -0.4 is 5.30 Å². The van der Waals surface area contributed by atoms with Crippen molar-refractivity contribution in [1.29, 1.82) is 0 Å². The molecular weight excluding hydrogens is 275 g/mol. The van der Waals surface area contributed by atoms with E-state index in [0.717, 1.165) is 6.04 Å². The molecule has 0 aliphatic heterocycles. The molecule has 0 spiro atoms. The fourth-order valence-electron chi connectivity index (χ4n) is 1.94. The molecule has 0 heterocycles. The smallest absolute Gasteiger partial charge is 0.305 e.